The number of unbranched alkanes of at least 4 members (excludes halogenated alkanes) is 7. The van der Waals surface area contributed by atoms with Gasteiger partial charge in [0.05, 0.1) is 21.6 Å². The van der Waals surface area contributed by atoms with E-state index in [2.05, 4.69) is 29.1 Å². The summed E-state index contributed by atoms with van der Waals surface area (Å²) in [5, 5.41) is 30.0. The highest BCUT2D eigenvalue weighted by molar-refractivity contribution is 5.62. The monoisotopic (exact) mass is 441 g/mol. The molecule has 0 saturated heterocycles. The zero-order valence-corrected chi connectivity index (χ0v) is 18.8. The summed E-state index contributed by atoms with van der Waals surface area (Å²) in [7, 11) is 2.05. The van der Waals surface area contributed by atoms with Crippen LogP contribution in [0.4, 0.5) is 28.4 Å². The zero-order valence-electron chi connectivity index (χ0n) is 18.8. The number of nitro benzene ring substituents is 2. The topological polar surface area (TPSA) is 114 Å². The highest BCUT2D eigenvalue weighted by atomic mass is 16.6. The highest BCUT2D eigenvalue weighted by Gasteiger charge is 2.19. The van der Waals surface area contributed by atoms with E-state index in [4.69, 9.17) is 0 Å². The second-order valence-corrected chi connectivity index (χ2v) is 7.80. The van der Waals surface area contributed by atoms with Gasteiger partial charge >= 0.3 is 5.69 Å². The summed E-state index contributed by atoms with van der Waals surface area (Å²) < 4.78 is 0. The zero-order chi connectivity index (χ0) is 23.3. The van der Waals surface area contributed by atoms with Gasteiger partial charge < -0.3 is 4.90 Å². The van der Waals surface area contributed by atoms with E-state index in [-0.39, 0.29) is 11.4 Å². The van der Waals surface area contributed by atoms with Crippen LogP contribution in [-0.2, 0) is 0 Å². The van der Waals surface area contributed by atoms with Gasteiger partial charge in [-0.2, -0.15) is 5.11 Å². The molecular formula is C23H31N5O4. The Morgan fingerprint density at radius 1 is 0.812 bits per heavy atom. The lowest BCUT2D eigenvalue weighted by Crippen LogP contribution is -2.18. The number of nitro groups is 2. The van der Waals surface area contributed by atoms with Crippen LogP contribution < -0.4 is 4.90 Å². The van der Waals surface area contributed by atoms with Crippen molar-refractivity contribution in [2.75, 3.05) is 18.5 Å². The molecule has 0 atom stereocenters. The number of azo groups is 1. The Hall–Kier alpha value is -3.36. The molecule has 0 bridgehead atoms. The number of benzene rings is 2. The van der Waals surface area contributed by atoms with Crippen LogP contribution in [0.3, 0.4) is 0 Å². The van der Waals surface area contributed by atoms with E-state index in [1.165, 1.54) is 57.1 Å². The largest absolute Gasteiger partial charge is 0.375 e. The summed E-state index contributed by atoms with van der Waals surface area (Å²) in [5.74, 6) is 0. The third-order valence-electron chi connectivity index (χ3n) is 5.28. The summed E-state index contributed by atoms with van der Waals surface area (Å²) >= 11 is 0. The standard InChI is InChI=1S/C23H31N5O4/c1-3-4-5-6-7-8-9-10-17-26(2)20-13-11-19(12-14-20)24-25-22-16-15-21(27(29)30)18-23(22)28(31)32/h11-16,18H,3-10,17H2,1-2H3. The van der Waals surface area contributed by atoms with Crippen molar-refractivity contribution in [2.24, 2.45) is 10.2 Å². The molecular weight excluding hydrogens is 410 g/mol. The lowest BCUT2D eigenvalue weighted by atomic mass is 10.1. The fourth-order valence-electron chi connectivity index (χ4n) is 3.35. The van der Waals surface area contributed by atoms with Crippen LogP contribution in [0.2, 0.25) is 0 Å². The molecule has 0 amide bonds. The first-order chi connectivity index (χ1) is 15.4. The number of rotatable bonds is 14. The Labute approximate surface area is 188 Å². The van der Waals surface area contributed by atoms with Crippen LogP contribution in [0, 0.1) is 20.2 Å². The smallest absolute Gasteiger partial charge is 0.303 e. The van der Waals surface area contributed by atoms with Gasteiger partial charge in [0, 0.05) is 25.3 Å². The molecule has 0 unspecified atom stereocenters. The van der Waals surface area contributed by atoms with Crippen LogP contribution >= 0.6 is 0 Å². The maximum Gasteiger partial charge on any atom is 0.303 e. The third kappa shape index (κ3) is 8.05. The maximum absolute atomic E-state index is 11.2. The van der Waals surface area contributed by atoms with E-state index in [0.29, 0.717) is 5.69 Å². The number of hydrogen-bond donors (Lipinski definition) is 0. The molecule has 0 N–H and O–H groups in total. The predicted octanol–water partition coefficient (Wildman–Crippen LogP) is 7.50. The molecule has 32 heavy (non-hydrogen) atoms. The van der Waals surface area contributed by atoms with E-state index in [9.17, 15) is 20.2 Å². The second kappa shape index (κ2) is 13.1. The lowest BCUT2D eigenvalue weighted by molar-refractivity contribution is -0.393. The van der Waals surface area contributed by atoms with E-state index in [0.717, 1.165) is 24.7 Å². The van der Waals surface area contributed by atoms with Crippen molar-refractivity contribution < 1.29 is 9.85 Å². The van der Waals surface area contributed by atoms with Crippen molar-refractivity contribution in [3.8, 4) is 0 Å². The van der Waals surface area contributed by atoms with Crippen molar-refractivity contribution in [2.45, 2.75) is 58.3 Å². The van der Waals surface area contributed by atoms with Crippen LogP contribution in [0.1, 0.15) is 58.3 Å². The van der Waals surface area contributed by atoms with Gasteiger partial charge in [-0.15, -0.1) is 5.11 Å². The van der Waals surface area contributed by atoms with Gasteiger partial charge in [-0.1, -0.05) is 51.9 Å². The van der Waals surface area contributed by atoms with Gasteiger partial charge in [0.1, 0.15) is 0 Å². The minimum Gasteiger partial charge on any atom is -0.375 e. The molecule has 0 aliphatic carbocycles. The van der Waals surface area contributed by atoms with Crippen LogP contribution in [0.15, 0.2) is 52.7 Å². The molecule has 0 fully saturated rings. The van der Waals surface area contributed by atoms with Gasteiger partial charge in [0.2, 0.25) is 0 Å². The summed E-state index contributed by atoms with van der Waals surface area (Å²) in [6, 6.07) is 10.7. The van der Waals surface area contributed by atoms with Crippen LogP contribution in [-0.4, -0.2) is 23.4 Å². The molecule has 9 nitrogen and oxygen atoms in total. The minimum absolute atomic E-state index is 0.0310. The maximum atomic E-state index is 11.2. The molecule has 0 aromatic heterocycles. The quantitative estimate of drug-likeness (QED) is 0.130. The highest BCUT2D eigenvalue weighted by Crippen LogP contribution is 2.32. The summed E-state index contributed by atoms with van der Waals surface area (Å²) in [6.07, 6.45) is 10.3. The first kappa shape index (κ1) is 24.9. The minimum atomic E-state index is -0.704. The van der Waals surface area contributed by atoms with Crippen LogP contribution in [0.25, 0.3) is 0 Å². The predicted molar refractivity (Wildman–Crippen MR) is 126 cm³/mol. The fourth-order valence-corrected chi connectivity index (χ4v) is 3.35. The van der Waals surface area contributed by atoms with Gasteiger partial charge in [0.25, 0.3) is 5.69 Å². The molecule has 0 saturated carbocycles. The summed E-state index contributed by atoms with van der Waals surface area (Å²) in [6.45, 7) is 3.21. The van der Waals surface area contributed by atoms with Gasteiger partial charge in [-0.25, -0.2) is 0 Å². The molecule has 2 aromatic rings. The number of non-ortho nitro benzene ring substituents is 1. The Bertz CT molecular complexity index is 915. The van der Waals surface area contributed by atoms with E-state index < -0.39 is 15.5 Å². The molecule has 0 aliphatic heterocycles. The second-order valence-electron chi connectivity index (χ2n) is 7.80. The normalized spacial score (nSPS) is 11.1. The molecule has 2 aromatic carbocycles. The first-order valence-electron chi connectivity index (χ1n) is 11.1. The van der Waals surface area contributed by atoms with Gasteiger partial charge in [-0.05, 0) is 36.8 Å². The summed E-state index contributed by atoms with van der Waals surface area (Å²) in [5.41, 5.74) is 0.760. The average molecular weight is 442 g/mol. The van der Waals surface area contributed by atoms with Crippen molar-refractivity contribution >= 4 is 28.4 Å². The van der Waals surface area contributed by atoms with Crippen molar-refractivity contribution in [1.82, 2.24) is 0 Å². The van der Waals surface area contributed by atoms with Crippen molar-refractivity contribution in [3.05, 3.63) is 62.7 Å². The number of hydrogen-bond acceptors (Lipinski definition) is 7. The van der Waals surface area contributed by atoms with E-state index in [1.807, 2.05) is 12.1 Å². The Balaban J connectivity index is 1.88. The number of nitrogens with zero attached hydrogens (tertiary/aromatic N) is 5. The molecule has 2 rings (SSSR count). The molecule has 0 radical (unpaired) electrons. The Morgan fingerprint density at radius 2 is 1.44 bits per heavy atom. The Kier molecular flexibility index (Phi) is 10.2. The van der Waals surface area contributed by atoms with E-state index >= 15 is 0 Å². The molecule has 0 heterocycles. The van der Waals surface area contributed by atoms with Crippen molar-refractivity contribution in [1.29, 1.82) is 0 Å². The van der Waals surface area contributed by atoms with Crippen LogP contribution in [0.5, 0.6) is 0 Å². The fraction of sp³-hybridized carbons (Fsp3) is 0.478. The molecule has 172 valence electrons. The molecule has 0 aliphatic rings. The molecule has 0 spiro atoms. The van der Waals surface area contributed by atoms with E-state index in [1.54, 1.807) is 12.1 Å². The average Bonchev–Trinajstić information content (AvgIpc) is 2.79. The third-order valence-corrected chi connectivity index (χ3v) is 5.28. The lowest BCUT2D eigenvalue weighted by Gasteiger charge is -2.19. The van der Waals surface area contributed by atoms with Gasteiger partial charge in [0.15, 0.2) is 5.69 Å². The first-order valence-corrected chi connectivity index (χ1v) is 11.1. The SMILES string of the molecule is CCCCCCCCCCN(C)c1ccc(N=Nc2ccc([N+](=O)[O-])cc2[N+](=O)[O-])cc1. The van der Waals surface area contributed by atoms with Crippen molar-refractivity contribution in [3.63, 3.8) is 0 Å². The van der Waals surface area contributed by atoms with Gasteiger partial charge in [-0.3, -0.25) is 20.2 Å². The Morgan fingerprint density at radius 3 is 2.03 bits per heavy atom. The molecule has 9 heteroatoms. The summed E-state index contributed by atoms with van der Waals surface area (Å²) in [4.78, 5) is 22.8. The number of anilines is 1.